The molecule has 1 N–H and O–H groups in total. The van der Waals surface area contributed by atoms with Gasteiger partial charge < -0.3 is 4.74 Å². The molecule has 3 rings (SSSR count). The summed E-state index contributed by atoms with van der Waals surface area (Å²) in [5.41, 5.74) is 0.926. The van der Waals surface area contributed by atoms with Crippen molar-refractivity contribution in [1.82, 2.24) is 5.32 Å². The molecule has 1 aliphatic rings. The third-order valence-electron chi connectivity index (χ3n) is 4.36. The van der Waals surface area contributed by atoms with Crippen LogP contribution < -0.4 is 15.0 Å². The van der Waals surface area contributed by atoms with Crippen LogP contribution >= 0.6 is 28.1 Å². The van der Waals surface area contributed by atoms with Crippen molar-refractivity contribution in [2.75, 3.05) is 4.90 Å². The Bertz CT molecular complexity index is 1010. The zero-order valence-corrected chi connectivity index (χ0v) is 18.1. The van der Waals surface area contributed by atoms with E-state index in [1.54, 1.807) is 18.2 Å². The molecule has 2 amide bonds. The first-order valence-corrected chi connectivity index (χ1v) is 10.1. The van der Waals surface area contributed by atoms with E-state index in [4.69, 9.17) is 17.0 Å². The minimum atomic E-state index is -0.589. The third kappa shape index (κ3) is 4.71. The Hall–Kier alpha value is -2.58. The normalized spacial score (nSPS) is 16.8. The molecule has 0 bridgehead atoms. The van der Waals surface area contributed by atoms with Gasteiger partial charge in [-0.2, -0.15) is 0 Å². The van der Waals surface area contributed by atoms with Crippen LogP contribution in [0.3, 0.4) is 0 Å². The van der Waals surface area contributed by atoms with Gasteiger partial charge in [0.2, 0.25) is 0 Å². The molecule has 2 aromatic rings. The smallest absolute Gasteiger partial charge is 0.270 e. The lowest BCUT2D eigenvalue weighted by Gasteiger charge is -2.28. The molecule has 1 aliphatic heterocycles. The molecule has 0 spiro atoms. The van der Waals surface area contributed by atoms with Gasteiger partial charge in [-0.3, -0.25) is 19.8 Å². The minimum Gasteiger partial charge on any atom is -0.490 e. The number of rotatable bonds is 5. The van der Waals surface area contributed by atoms with Crippen LogP contribution in [0.2, 0.25) is 0 Å². The van der Waals surface area contributed by atoms with E-state index in [1.807, 2.05) is 13.8 Å². The van der Waals surface area contributed by atoms with Gasteiger partial charge in [0.25, 0.3) is 11.8 Å². The van der Waals surface area contributed by atoms with E-state index >= 15 is 0 Å². The van der Waals surface area contributed by atoms with Gasteiger partial charge in [0.1, 0.15) is 17.1 Å². The Kier molecular flexibility index (Phi) is 6.44. The Labute approximate surface area is 181 Å². The molecule has 150 valence electrons. The summed E-state index contributed by atoms with van der Waals surface area (Å²) in [6.45, 7) is 4.00. The summed E-state index contributed by atoms with van der Waals surface area (Å²) in [5, 5.41) is 2.45. The SMILES string of the molecule is CC[C@H](C)Oc1ccc(/C=C2/C(=O)NC(=S)N(c3ccc(F)cc3)C2=O)cc1Br. The number of amides is 2. The molecular formula is C21H18BrFN2O3S. The first-order chi connectivity index (χ1) is 13.8. The first kappa shape index (κ1) is 21.1. The highest BCUT2D eigenvalue weighted by molar-refractivity contribution is 9.10. The number of hydrogen-bond acceptors (Lipinski definition) is 4. The molecule has 2 aromatic carbocycles. The summed E-state index contributed by atoms with van der Waals surface area (Å²) in [4.78, 5) is 26.5. The molecule has 1 fully saturated rings. The van der Waals surface area contributed by atoms with Crippen LogP contribution in [0.4, 0.5) is 10.1 Å². The zero-order chi connectivity index (χ0) is 21.1. The number of nitrogens with zero attached hydrogens (tertiary/aromatic N) is 1. The Morgan fingerprint density at radius 2 is 1.93 bits per heavy atom. The number of hydrogen-bond donors (Lipinski definition) is 1. The summed E-state index contributed by atoms with van der Waals surface area (Å²) >= 11 is 8.59. The lowest BCUT2D eigenvalue weighted by molar-refractivity contribution is -0.122. The van der Waals surface area contributed by atoms with E-state index in [0.717, 1.165) is 11.3 Å². The molecular weight excluding hydrogens is 459 g/mol. The average molecular weight is 477 g/mol. The molecule has 0 aromatic heterocycles. The van der Waals surface area contributed by atoms with Gasteiger partial charge in [0.05, 0.1) is 16.3 Å². The quantitative estimate of drug-likeness (QED) is 0.389. The maximum atomic E-state index is 13.2. The highest BCUT2D eigenvalue weighted by atomic mass is 79.9. The fourth-order valence-electron chi connectivity index (χ4n) is 2.65. The topological polar surface area (TPSA) is 58.6 Å². The van der Waals surface area contributed by atoms with E-state index in [1.165, 1.54) is 30.3 Å². The number of carbonyl (C=O) groups excluding carboxylic acids is 2. The minimum absolute atomic E-state index is 0.0535. The molecule has 0 aliphatic carbocycles. The Morgan fingerprint density at radius 1 is 1.24 bits per heavy atom. The van der Waals surface area contributed by atoms with Crippen molar-refractivity contribution in [2.24, 2.45) is 0 Å². The van der Waals surface area contributed by atoms with Crippen molar-refractivity contribution < 1.29 is 18.7 Å². The van der Waals surface area contributed by atoms with E-state index in [0.29, 0.717) is 21.5 Å². The number of halogens is 2. The predicted octanol–water partition coefficient (Wildman–Crippen LogP) is 4.60. The van der Waals surface area contributed by atoms with Crippen LogP contribution in [-0.2, 0) is 9.59 Å². The van der Waals surface area contributed by atoms with Crippen molar-refractivity contribution in [3.05, 3.63) is 63.9 Å². The monoisotopic (exact) mass is 476 g/mol. The predicted molar refractivity (Wildman–Crippen MR) is 117 cm³/mol. The van der Waals surface area contributed by atoms with Crippen LogP contribution in [0.5, 0.6) is 5.75 Å². The standard InChI is InChI=1S/C21H18BrFN2O3S/c1-3-12(2)28-18-9-4-13(11-17(18)22)10-16-19(26)24-21(29)25(20(16)27)15-7-5-14(23)6-8-15/h4-12H,3H2,1-2H3,(H,24,26,29)/b16-10-/t12-/m0/s1. The van der Waals surface area contributed by atoms with Crippen LogP contribution in [0.25, 0.3) is 6.08 Å². The van der Waals surface area contributed by atoms with Gasteiger partial charge >= 0.3 is 0 Å². The highest BCUT2D eigenvalue weighted by Gasteiger charge is 2.34. The van der Waals surface area contributed by atoms with Crippen molar-refractivity contribution in [1.29, 1.82) is 0 Å². The van der Waals surface area contributed by atoms with Gasteiger partial charge in [-0.25, -0.2) is 4.39 Å². The van der Waals surface area contributed by atoms with Crippen LogP contribution in [0.15, 0.2) is 52.5 Å². The maximum absolute atomic E-state index is 13.2. The van der Waals surface area contributed by atoms with Gasteiger partial charge in [-0.1, -0.05) is 13.0 Å². The van der Waals surface area contributed by atoms with Crippen molar-refractivity contribution in [3.8, 4) is 5.75 Å². The molecule has 1 heterocycles. The summed E-state index contributed by atoms with van der Waals surface area (Å²) in [7, 11) is 0. The number of benzene rings is 2. The number of carbonyl (C=O) groups is 2. The molecule has 0 radical (unpaired) electrons. The third-order valence-corrected chi connectivity index (χ3v) is 5.26. The summed E-state index contributed by atoms with van der Waals surface area (Å²) in [6, 6.07) is 10.6. The summed E-state index contributed by atoms with van der Waals surface area (Å²) < 4.78 is 19.7. The molecule has 8 heteroatoms. The van der Waals surface area contributed by atoms with E-state index in [9.17, 15) is 14.0 Å². The van der Waals surface area contributed by atoms with Crippen molar-refractivity contribution in [2.45, 2.75) is 26.4 Å². The first-order valence-electron chi connectivity index (χ1n) is 8.93. The number of nitrogens with one attached hydrogen (secondary N) is 1. The summed E-state index contributed by atoms with van der Waals surface area (Å²) in [6.07, 6.45) is 2.41. The number of thiocarbonyl (C=S) groups is 1. The second-order valence-corrected chi connectivity index (χ2v) is 7.70. The molecule has 5 nitrogen and oxygen atoms in total. The van der Waals surface area contributed by atoms with E-state index in [-0.39, 0.29) is 16.8 Å². The number of ether oxygens (including phenoxy) is 1. The van der Waals surface area contributed by atoms with Crippen LogP contribution in [0, 0.1) is 5.82 Å². The van der Waals surface area contributed by atoms with Gasteiger partial charge in [0, 0.05) is 0 Å². The second-order valence-electron chi connectivity index (χ2n) is 6.46. The van der Waals surface area contributed by atoms with Gasteiger partial charge in [-0.05, 0) is 89.5 Å². The number of anilines is 1. The maximum Gasteiger partial charge on any atom is 0.270 e. The van der Waals surface area contributed by atoms with Gasteiger partial charge in [0.15, 0.2) is 5.11 Å². The van der Waals surface area contributed by atoms with Crippen molar-refractivity contribution in [3.63, 3.8) is 0 Å². The van der Waals surface area contributed by atoms with Crippen LogP contribution in [-0.4, -0.2) is 23.0 Å². The molecule has 0 unspecified atom stereocenters. The fraction of sp³-hybridized carbons (Fsp3) is 0.190. The van der Waals surface area contributed by atoms with Gasteiger partial charge in [-0.15, -0.1) is 0 Å². The molecule has 0 saturated carbocycles. The lowest BCUT2D eigenvalue weighted by atomic mass is 10.1. The second kappa shape index (κ2) is 8.84. The fourth-order valence-corrected chi connectivity index (χ4v) is 3.42. The van der Waals surface area contributed by atoms with E-state index in [2.05, 4.69) is 21.2 Å². The Balaban J connectivity index is 1.92. The molecule has 1 saturated heterocycles. The summed E-state index contributed by atoms with van der Waals surface area (Å²) in [5.74, 6) is -0.931. The zero-order valence-electron chi connectivity index (χ0n) is 15.7. The molecule has 29 heavy (non-hydrogen) atoms. The highest BCUT2D eigenvalue weighted by Crippen LogP contribution is 2.29. The largest absolute Gasteiger partial charge is 0.490 e. The van der Waals surface area contributed by atoms with Crippen LogP contribution in [0.1, 0.15) is 25.8 Å². The average Bonchev–Trinajstić information content (AvgIpc) is 2.68. The van der Waals surface area contributed by atoms with Crippen molar-refractivity contribution >= 4 is 56.8 Å². The van der Waals surface area contributed by atoms with E-state index < -0.39 is 17.6 Å². The lowest BCUT2D eigenvalue weighted by Crippen LogP contribution is -2.54. The molecule has 1 atom stereocenters. The Morgan fingerprint density at radius 3 is 2.55 bits per heavy atom.